The van der Waals surface area contributed by atoms with Crippen LogP contribution >= 0.6 is 11.3 Å². The Balaban J connectivity index is 2.15. The smallest absolute Gasteiger partial charge is 0.288 e. The zero-order valence-corrected chi connectivity index (χ0v) is 14.6. The molecule has 0 fully saturated rings. The molecule has 0 aliphatic heterocycles. The van der Waals surface area contributed by atoms with Gasteiger partial charge in [0.05, 0.1) is 15.6 Å². The lowest BCUT2D eigenvalue weighted by Gasteiger charge is -2.08. The van der Waals surface area contributed by atoms with Crippen LogP contribution in [0.3, 0.4) is 0 Å². The second-order valence-electron chi connectivity index (χ2n) is 5.13. The van der Waals surface area contributed by atoms with E-state index in [0.717, 1.165) is 23.4 Å². The number of aromatic nitrogens is 1. The topological polar surface area (TPSA) is 102 Å². The Morgan fingerprint density at radius 2 is 2.04 bits per heavy atom. The van der Waals surface area contributed by atoms with Crippen LogP contribution in [0.15, 0.2) is 23.1 Å². The number of sulfone groups is 1. The molecule has 0 aliphatic carbocycles. The number of rotatable bonds is 6. The molecule has 1 aromatic heterocycles. The van der Waals surface area contributed by atoms with Gasteiger partial charge in [-0.3, -0.25) is 10.1 Å². The van der Waals surface area contributed by atoms with E-state index in [0.29, 0.717) is 12.2 Å². The van der Waals surface area contributed by atoms with Crippen LogP contribution in [0.1, 0.15) is 15.6 Å². The number of nitro benzene ring substituents is 1. The minimum Gasteiger partial charge on any atom is -0.385 e. The molecule has 0 saturated carbocycles. The molecule has 23 heavy (non-hydrogen) atoms. The van der Waals surface area contributed by atoms with E-state index in [1.165, 1.54) is 23.1 Å². The van der Waals surface area contributed by atoms with E-state index in [9.17, 15) is 18.5 Å². The normalized spacial score (nSPS) is 11.4. The first kappa shape index (κ1) is 17.4. The minimum atomic E-state index is -3.67. The summed E-state index contributed by atoms with van der Waals surface area (Å²) in [6, 6.07) is 4.02. The van der Waals surface area contributed by atoms with E-state index in [1.807, 2.05) is 13.8 Å². The fraction of sp³-hybridized carbons (Fsp3) is 0.357. The van der Waals surface area contributed by atoms with Crippen molar-refractivity contribution in [2.24, 2.45) is 0 Å². The second kappa shape index (κ2) is 6.63. The molecule has 9 heteroatoms. The largest absolute Gasteiger partial charge is 0.385 e. The van der Waals surface area contributed by atoms with E-state index in [-0.39, 0.29) is 4.90 Å². The molecule has 0 atom stereocenters. The average molecular weight is 355 g/mol. The number of hydrogen-bond acceptors (Lipinski definition) is 7. The van der Waals surface area contributed by atoms with Gasteiger partial charge in [-0.15, -0.1) is 11.3 Å². The van der Waals surface area contributed by atoms with Crippen LogP contribution in [-0.4, -0.2) is 31.1 Å². The highest BCUT2D eigenvalue weighted by molar-refractivity contribution is 7.90. The van der Waals surface area contributed by atoms with Gasteiger partial charge in [0.15, 0.2) is 9.84 Å². The van der Waals surface area contributed by atoms with Crippen molar-refractivity contribution in [2.45, 2.75) is 25.2 Å². The van der Waals surface area contributed by atoms with Crippen LogP contribution in [0, 0.1) is 24.0 Å². The molecule has 0 aliphatic rings. The summed E-state index contributed by atoms with van der Waals surface area (Å²) >= 11 is 1.63. The first-order chi connectivity index (χ1) is 10.7. The first-order valence-corrected chi connectivity index (χ1v) is 9.54. The monoisotopic (exact) mass is 355 g/mol. The molecular weight excluding hydrogens is 338 g/mol. The molecule has 0 bridgehead atoms. The summed E-state index contributed by atoms with van der Waals surface area (Å²) in [5.74, 6) is 0. The van der Waals surface area contributed by atoms with Gasteiger partial charge in [0.25, 0.3) is 5.69 Å². The van der Waals surface area contributed by atoms with E-state index in [1.54, 1.807) is 11.3 Å². The molecule has 2 rings (SSSR count). The molecule has 0 unspecified atom stereocenters. The number of nitro groups is 1. The minimum absolute atomic E-state index is 0.280. The molecule has 0 spiro atoms. The number of aryl methyl sites for hydroxylation is 2. The van der Waals surface area contributed by atoms with Crippen LogP contribution < -0.4 is 5.32 Å². The lowest BCUT2D eigenvalue weighted by atomic mass is 10.2. The third-order valence-corrected chi connectivity index (χ3v) is 5.50. The third-order valence-electron chi connectivity index (χ3n) is 3.24. The Labute approximate surface area is 138 Å². The quantitative estimate of drug-likeness (QED) is 0.631. The number of thiazole rings is 1. The van der Waals surface area contributed by atoms with E-state index < -0.39 is 20.4 Å². The maximum Gasteiger partial charge on any atom is 0.288 e. The van der Waals surface area contributed by atoms with Crippen molar-refractivity contribution in [3.05, 3.63) is 43.9 Å². The van der Waals surface area contributed by atoms with Crippen molar-refractivity contribution >= 4 is 32.5 Å². The molecule has 1 N–H and O–H groups in total. The van der Waals surface area contributed by atoms with Gasteiger partial charge in [-0.05, 0) is 26.0 Å². The van der Waals surface area contributed by atoms with Crippen molar-refractivity contribution in [1.29, 1.82) is 0 Å². The molecule has 2 aromatic rings. The fourth-order valence-electron chi connectivity index (χ4n) is 2.20. The Morgan fingerprint density at radius 3 is 2.57 bits per heavy atom. The Bertz CT molecular complexity index is 844. The number of nitrogens with one attached hydrogen (secondary N) is 1. The van der Waals surface area contributed by atoms with E-state index in [4.69, 9.17) is 0 Å². The molecule has 1 heterocycles. The number of hydrogen-bond donors (Lipinski definition) is 1. The molecule has 7 nitrogen and oxygen atoms in total. The summed E-state index contributed by atoms with van der Waals surface area (Å²) in [6.07, 6.45) is 1.71. The molecule has 0 amide bonds. The second-order valence-corrected chi connectivity index (χ2v) is 8.40. The summed E-state index contributed by atoms with van der Waals surface area (Å²) < 4.78 is 23.4. The van der Waals surface area contributed by atoms with Crippen LogP contribution in [0.4, 0.5) is 11.4 Å². The Kier molecular flexibility index (Phi) is 5.00. The van der Waals surface area contributed by atoms with Gasteiger partial charge >= 0.3 is 0 Å². The van der Waals surface area contributed by atoms with E-state index >= 15 is 0 Å². The third kappa shape index (κ3) is 4.26. The molecule has 1 aromatic carbocycles. The molecule has 0 radical (unpaired) electrons. The predicted octanol–water partition coefficient (Wildman–Crippen LogP) is 2.73. The van der Waals surface area contributed by atoms with Gasteiger partial charge in [-0.1, -0.05) is 0 Å². The zero-order valence-electron chi connectivity index (χ0n) is 13.0. The highest BCUT2D eigenvalue weighted by Gasteiger charge is 2.22. The number of nitrogens with zero attached hydrogens (tertiary/aromatic N) is 2. The van der Waals surface area contributed by atoms with Crippen molar-refractivity contribution in [2.75, 3.05) is 18.1 Å². The molecule has 0 saturated heterocycles. The van der Waals surface area contributed by atoms with Crippen molar-refractivity contribution in [1.82, 2.24) is 4.98 Å². The SMILES string of the molecule is Cc1nc(C)c(CCNc2ccc([N+](=O)[O-])c(S(C)(=O)=O)c2)s1. The van der Waals surface area contributed by atoms with Gasteiger partial charge in [0.2, 0.25) is 0 Å². The van der Waals surface area contributed by atoms with Crippen molar-refractivity contribution in [3.8, 4) is 0 Å². The number of benzene rings is 1. The fourth-order valence-corrected chi connectivity index (χ4v) is 4.00. The van der Waals surface area contributed by atoms with Crippen LogP contribution in [0.2, 0.25) is 0 Å². The van der Waals surface area contributed by atoms with Crippen molar-refractivity contribution in [3.63, 3.8) is 0 Å². The first-order valence-electron chi connectivity index (χ1n) is 6.84. The standard InChI is InChI=1S/C14H17N3O4S2/c1-9-13(22-10(2)16-9)6-7-15-11-4-5-12(17(18)19)14(8-11)23(3,20)21/h4-5,8,15H,6-7H2,1-3H3. The van der Waals surface area contributed by atoms with Crippen molar-refractivity contribution < 1.29 is 13.3 Å². The lowest BCUT2D eigenvalue weighted by Crippen LogP contribution is -2.07. The van der Waals surface area contributed by atoms with E-state index in [2.05, 4.69) is 10.3 Å². The van der Waals surface area contributed by atoms with Crippen LogP contribution in [0.25, 0.3) is 0 Å². The summed E-state index contributed by atoms with van der Waals surface area (Å²) in [7, 11) is -3.67. The number of anilines is 1. The maximum atomic E-state index is 11.7. The molecule has 124 valence electrons. The van der Waals surface area contributed by atoms with Crippen LogP contribution in [0.5, 0.6) is 0 Å². The average Bonchev–Trinajstić information content (AvgIpc) is 2.76. The summed E-state index contributed by atoms with van der Waals surface area (Å²) in [6.45, 7) is 4.49. The summed E-state index contributed by atoms with van der Waals surface area (Å²) in [5, 5.41) is 15.0. The highest BCUT2D eigenvalue weighted by atomic mass is 32.2. The lowest BCUT2D eigenvalue weighted by molar-refractivity contribution is -0.387. The van der Waals surface area contributed by atoms with Gasteiger partial charge in [-0.2, -0.15) is 0 Å². The summed E-state index contributed by atoms with van der Waals surface area (Å²) in [4.78, 5) is 15.5. The zero-order chi connectivity index (χ0) is 17.2. The van der Waals surface area contributed by atoms with Crippen LogP contribution in [-0.2, 0) is 16.3 Å². The molecular formula is C14H17N3O4S2. The van der Waals surface area contributed by atoms with Gasteiger partial charge < -0.3 is 5.32 Å². The van der Waals surface area contributed by atoms with Gasteiger partial charge in [0, 0.05) is 35.9 Å². The Morgan fingerprint density at radius 1 is 1.35 bits per heavy atom. The Hall–Kier alpha value is -2.00. The van der Waals surface area contributed by atoms with Gasteiger partial charge in [0.1, 0.15) is 4.90 Å². The van der Waals surface area contributed by atoms with Gasteiger partial charge in [-0.25, -0.2) is 13.4 Å². The highest BCUT2D eigenvalue weighted by Crippen LogP contribution is 2.27. The predicted molar refractivity (Wildman–Crippen MR) is 90.0 cm³/mol. The maximum absolute atomic E-state index is 11.7. The summed E-state index contributed by atoms with van der Waals surface area (Å²) in [5.41, 5.74) is 1.12.